The van der Waals surface area contributed by atoms with E-state index >= 15 is 0 Å². The average Bonchev–Trinajstić information content (AvgIpc) is 2.56. The van der Waals surface area contributed by atoms with Crippen molar-refractivity contribution < 1.29 is 19.1 Å². The lowest BCUT2D eigenvalue weighted by molar-refractivity contribution is -0.166. The van der Waals surface area contributed by atoms with Gasteiger partial charge in [-0.15, -0.1) is 0 Å². The van der Waals surface area contributed by atoms with Gasteiger partial charge in [-0.2, -0.15) is 0 Å². The highest BCUT2D eigenvalue weighted by Crippen LogP contribution is 2.35. The van der Waals surface area contributed by atoms with Gasteiger partial charge in [0.1, 0.15) is 6.10 Å². The van der Waals surface area contributed by atoms with Crippen molar-refractivity contribution in [2.75, 3.05) is 6.61 Å². The van der Waals surface area contributed by atoms with E-state index in [4.69, 9.17) is 32.7 Å². The number of hydrogen-bond donors (Lipinski definition) is 0. The molecule has 26 heavy (non-hydrogen) atoms. The van der Waals surface area contributed by atoms with E-state index < -0.39 is 18.5 Å². The molecule has 0 saturated heterocycles. The van der Waals surface area contributed by atoms with Crippen molar-refractivity contribution in [3.05, 3.63) is 33.8 Å². The van der Waals surface area contributed by atoms with Crippen LogP contribution in [-0.2, 0) is 25.5 Å². The van der Waals surface area contributed by atoms with Gasteiger partial charge in [-0.3, -0.25) is 4.79 Å². The molecule has 1 aliphatic carbocycles. The van der Waals surface area contributed by atoms with Crippen LogP contribution in [0.1, 0.15) is 45.6 Å². The highest BCUT2D eigenvalue weighted by atomic mass is 35.5. The largest absolute Gasteiger partial charge is 0.460 e. The molecule has 0 heterocycles. The minimum atomic E-state index is -0.561. The Morgan fingerprint density at radius 3 is 2.42 bits per heavy atom. The van der Waals surface area contributed by atoms with E-state index in [0.717, 1.165) is 19.3 Å². The number of carbonyl (C=O) groups excluding carboxylic acids is 2. The van der Waals surface area contributed by atoms with Crippen LogP contribution in [-0.4, -0.2) is 24.6 Å². The lowest BCUT2D eigenvalue weighted by Gasteiger charge is -2.36. The number of halogens is 2. The smallest absolute Gasteiger partial charge is 0.344 e. The number of ether oxygens (including phenoxy) is 2. The Morgan fingerprint density at radius 1 is 1.15 bits per heavy atom. The minimum Gasteiger partial charge on any atom is -0.460 e. The molecule has 144 valence electrons. The molecule has 0 spiro atoms. The Bertz CT molecular complexity index is 624. The molecule has 1 saturated carbocycles. The summed E-state index contributed by atoms with van der Waals surface area (Å²) in [4.78, 5) is 24.1. The van der Waals surface area contributed by atoms with Gasteiger partial charge in [-0.1, -0.05) is 56.5 Å². The second-order valence-electron chi connectivity index (χ2n) is 7.39. The van der Waals surface area contributed by atoms with Gasteiger partial charge in [-0.25, -0.2) is 4.79 Å². The van der Waals surface area contributed by atoms with Gasteiger partial charge in [0.15, 0.2) is 6.61 Å². The topological polar surface area (TPSA) is 52.6 Å². The molecule has 1 fully saturated rings. The number of rotatable bonds is 6. The predicted molar refractivity (Wildman–Crippen MR) is 102 cm³/mol. The fourth-order valence-corrected chi connectivity index (χ4v) is 4.02. The highest BCUT2D eigenvalue weighted by Gasteiger charge is 2.33. The number of hydrogen-bond acceptors (Lipinski definition) is 4. The molecular formula is C20H26Cl2O4. The summed E-state index contributed by atoms with van der Waals surface area (Å²) in [5, 5.41) is 0.793. The second kappa shape index (κ2) is 9.61. The first-order valence-corrected chi connectivity index (χ1v) is 9.81. The molecule has 0 aromatic heterocycles. The normalized spacial score (nSPS) is 22.9. The molecule has 1 aromatic rings. The first-order chi connectivity index (χ1) is 12.3. The van der Waals surface area contributed by atoms with E-state index in [-0.39, 0.29) is 12.5 Å². The molecule has 0 bridgehead atoms. The number of benzene rings is 1. The summed E-state index contributed by atoms with van der Waals surface area (Å²) in [5.41, 5.74) is 0.496. The molecule has 0 aliphatic heterocycles. The summed E-state index contributed by atoms with van der Waals surface area (Å²) in [6.45, 7) is 6.07. The van der Waals surface area contributed by atoms with Gasteiger partial charge in [0.25, 0.3) is 0 Å². The third kappa shape index (κ3) is 5.88. The van der Waals surface area contributed by atoms with Gasteiger partial charge in [0, 0.05) is 15.6 Å². The molecule has 6 heteroatoms. The summed E-state index contributed by atoms with van der Waals surface area (Å²) in [6.07, 6.45) is 2.88. The van der Waals surface area contributed by atoms with Gasteiger partial charge < -0.3 is 9.47 Å². The van der Waals surface area contributed by atoms with Crippen molar-refractivity contribution in [3.63, 3.8) is 0 Å². The summed E-state index contributed by atoms with van der Waals surface area (Å²) in [6, 6.07) is 5.01. The summed E-state index contributed by atoms with van der Waals surface area (Å²) >= 11 is 12.1. The Labute approximate surface area is 165 Å². The maximum atomic E-state index is 12.1. The molecule has 0 radical (unpaired) electrons. The Morgan fingerprint density at radius 2 is 1.81 bits per heavy atom. The van der Waals surface area contributed by atoms with Crippen molar-refractivity contribution in [2.45, 2.75) is 52.6 Å². The van der Waals surface area contributed by atoms with Crippen molar-refractivity contribution in [1.82, 2.24) is 0 Å². The van der Waals surface area contributed by atoms with Crippen LogP contribution in [0.25, 0.3) is 0 Å². The van der Waals surface area contributed by atoms with Crippen LogP contribution in [0.5, 0.6) is 0 Å². The lowest BCUT2D eigenvalue weighted by Crippen LogP contribution is -2.36. The molecule has 0 N–H and O–H groups in total. The first kappa shape index (κ1) is 21.0. The van der Waals surface area contributed by atoms with Gasteiger partial charge >= 0.3 is 11.9 Å². The Balaban J connectivity index is 1.84. The maximum absolute atomic E-state index is 12.1. The van der Waals surface area contributed by atoms with Crippen LogP contribution in [0.2, 0.25) is 10.0 Å². The zero-order chi connectivity index (χ0) is 19.3. The molecule has 4 nitrogen and oxygen atoms in total. The van der Waals surface area contributed by atoms with Crippen LogP contribution in [0.15, 0.2) is 18.2 Å². The maximum Gasteiger partial charge on any atom is 0.344 e. The van der Waals surface area contributed by atoms with Crippen molar-refractivity contribution in [1.29, 1.82) is 0 Å². The monoisotopic (exact) mass is 400 g/mol. The third-order valence-corrected chi connectivity index (χ3v) is 5.69. The van der Waals surface area contributed by atoms with E-state index in [1.807, 2.05) is 0 Å². The van der Waals surface area contributed by atoms with Crippen LogP contribution >= 0.6 is 23.2 Å². The summed E-state index contributed by atoms with van der Waals surface area (Å²) < 4.78 is 10.7. The fraction of sp³-hybridized carbons (Fsp3) is 0.600. The molecule has 1 aromatic carbocycles. The van der Waals surface area contributed by atoms with Gasteiger partial charge in [-0.05, 0) is 42.7 Å². The minimum absolute atomic E-state index is 0.0825. The molecule has 1 aliphatic rings. The Kier molecular flexibility index (Phi) is 7.78. The fourth-order valence-electron chi connectivity index (χ4n) is 3.49. The van der Waals surface area contributed by atoms with E-state index in [9.17, 15) is 9.59 Å². The van der Waals surface area contributed by atoms with Crippen LogP contribution < -0.4 is 0 Å². The van der Waals surface area contributed by atoms with Crippen LogP contribution in [0.4, 0.5) is 0 Å². The zero-order valence-corrected chi connectivity index (χ0v) is 17.0. The zero-order valence-electron chi connectivity index (χ0n) is 15.5. The van der Waals surface area contributed by atoms with E-state index in [0.29, 0.717) is 33.4 Å². The number of carbonyl (C=O) groups is 2. The van der Waals surface area contributed by atoms with Crippen molar-refractivity contribution in [2.24, 2.45) is 17.8 Å². The lowest BCUT2D eigenvalue weighted by atomic mass is 9.75. The predicted octanol–water partition coefficient (Wildman–Crippen LogP) is 5.08. The Hall–Kier alpha value is -1.26. The standard InChI is InChI=1S/C20H26Cl2O4/c1-12(2)14-8-7-13(3)9-18(14)26-20(24)11-25-19(23)10-15-16(21)5-4-6-17(15)22/h4-6,12-14,18H,7-11H2,1-3H3/t13-,14+,18+/m1/s1. The summed E-state index contributed by atoms with van der Waals surface area (Å²) in [7, 11) is 0. The molecule has 0 unspecified atom stereocenters. The van der Waals surface area contributed by atoms with Gasteiger partial charge in [0.2, 0.25) is 0 Å². The van der Waals surface area contributed by atoms with E-state index in [1.165, 1.54) is 0 Å². The average molecular weight is 401 g/mol. The summed E-state index contributed by atoms with van der Waals surface area (Å²) in [5.74, 6) is 0.272. The molecule has 0 amide bonds. The van der Waals surface area contributed by atoms with Gasteiger partial charge in [0.05, 0.1) is 6.42 Å². The van der Waals surface area contributed by atoms with Crippen molar-refractivity contribution >= 4 is 35.1 Å². The van der Waals surface area contributed by atoms with E-state index in [1.54, 1.807) is 18.2 Å². The highest BCUT2D eigenvalue weighted by molar-refractivity contribution is 6.36. The van der Waals surface area contributed by atoms with Crippen LogP contribution in [0.3, 0.4) is 0 Å². The first-order valence-electron chi connectivity index (χ1n) is 9.06. The SMILES string of the molecule is CC(C)[C@@H]1CC[C@@H](C)C[C@@H]1OC(=O)COC(=O)Cc1c(Cl)cccc1Cl. The number of esters is 2. The second-order valence-corrected chi connectivity index (χ2v) is 8.21. The van der Waals surface area contributed by atoms with E-state index in [2.05, 4.69) is 20.8 Å². The van der Waals surface area contributed by atoms with Crippen LogP contribution in [0, 0.1) is 17.8 Å². The third-order valence-electron chi connectivity index (χ3n) is 4.98. The quantitative estimate of drug-likeness (QED) is 0.624. The molecule has 2 rings (SSSR count). The van der Waals surface area contributed by atoms with Crippen molar-refractivity contribution in [3.8, 4) is 0 Å². The molecular weight excluding hydrogens is 375 g/mol. The molecule has 3 atom stereocenters.